The van der Waals surface area contributed by atoms with E-state index in [1.807, 2.05) is 20.8 Å². The monoisotopic (exact) mass is 336 g/mol. The molecule has 0 radical (unpaired) electrons. The molecule has 1 N–H and O–H groups in total. The van der Waals surface area contributed by atoms with E-state index in [9.17, 15) is 4.79 Å². The Bertz CT molecular complexity index is 690. The van der Waals surface area contributed by atoms with Crippen LogP contribution in [0.15, 0.2) is 15.7 Å². The molecule has 0 saturated carbocycles. The molecule has 7 heteroatoms. The molecule has 0 fully saturated rings. The van der Waals surface area contributed by atoms with Crippen LogP contribution in [0, 0.1) is 26.7 Å². The first-order chi connectivity index (χ1) is 10.8. The Balaban J connectivity index is 2.08. The van der Waals surface area contributed by atoms with Crippen molar-refractivity contribution in [3.63, 3.8) is 0 Å². The van der Waals surface area contributed by atoms with Crippen molar-refractivity contribution in [2.24, 2.45) is 5.92 Å². The number of carbonyl (C=O) groups excluding carboxylic acids is 1. The fourth-order valence-corrected chi connectivity index (χ4v) is 3.16. The third-order valence-electron chi connectivity index (χ3n) is 3.50. The van der Waals surface area contributed by atoms with Gasteiger partial charge < -0.3 is 9.09 Å². The lowest BCUT2D eigenvalue weighted by molar-refractivity contribution is -0.115. The fraction of sp³-hybridized carbons (Fsp3) is 0.562. The smallest absolute Gasteiger partial charge is 0.240 e. The summed E-state index contributed by atoms with van der Waals surface area (Å²) in [6.07, 6.45) is 0. The van der Waals surface area contributed by atoms with Gasteiger partial charge in [0, 0.05) is 18.3 Å². The van der Waals surface area contributed by atoms with Crippen molar-refractivity contribution >= 4 is 23.6 Å². The fourth-order valence-electron chi connectivity index (χ4n) is 2.15. The highest BCUT2D eigenvalue weighted by Gasteiger charge is 2.21. The minimum atomic E-state index is -0.285. The summed E-state index contributed by atoms with van der Waals surface area (Å²) in [5.41, 5.74) is 2.89. The number of hydrogen-bond donors (Lipinski definition) is 1. The molecule has 1 unspecified atom stereocenters. The quantitative estimate of drug-likeness (QED) is 0.816. The van der Waals surface area contributed by atoms with Crippen molar-refractivity contribution in [2.45, 2.75) is 58.5 Å². The molecule has 2 aromatic heterocycles. The molecule has 0 aliphatic heterocycles. The van der Waals surface area contributed by atoms with Gasteiger partial charge in [-0.15, -0.1) is 0 Å². The molecule has 23 heavy (non-hydrogen) atoms. The highest BCUT2D eigenvalue weighted by molar-refractivity contribution is 8.00. The van der Waals surface area contributed by atoms with Gasteiger partial charge in [-0.1, -0.05) is 30.8 Å². The normalized spacial score (nSPS) is 12.7. The Kier molecular flexibility index (Phi) is 5.51. The summed E-state index contributed by atoms with van der Waals surface area (Å²) in [7, 11) is 0. The largest absolute Gasteiger partial charge is 0.338 e. The maximum atomic E-state index is 12.3. The predicted molar refractivity (Wildman–Crippen MR) is 91.7 cm³/mol. The summed E-state index contributed by atoms with van der Waals surface area (Å²) in [4.78, 5) is 16.9. The molecule has 2 aromatic rings. The average molecular weight is 336 g/mol. The van der Waals surface area contributed by atoms with Gasteiger partial charge in [0.15, 0.2) is 5.16 Å². The molecule has 2 heterocycles. The van der Waals surface area contributed by atoms with Crippen molar-refractivity contribution in [2.75, 3.05) is 5.32 Å². The zero-order chi connectivity index (χ0) is 17.1. The average Bonchev–Trinajstić information content (AvgIpc) is 2.97. The number of thioether (sulfide) groups is 1. The lowest BCUT2D eigenvalue weighted by atomic mass is 10.2. The first kappa shape index (κ1) is 17.6. The van der Waals surface area contributed by atoms with Crippen molar-refractivity contribution < 1.29 is 9.32 Å². The van der Waals surface area contributed by atoms with Gasteiger partial charge in [-0.05, 0) is 33.6 Å². The van der Waals surface area contributed by atoms with Gasteiger partial charge in [0.25, 0.3) is 0 Å². The topological polar surface area (TPSA) is 73.0 Å². The van der Waals surface area contributed by atoms with E-state index in [1.165, 1.54) is 11.8 Å². The Morgan fingerprint density at radius 3 is 2.61 bits per heavy atom. The minimum absolute atomic E-state index is 0.124. The molecule has 1 atom stereocenters. The first-order valence-electron chi connectivity index (χ1n) is 7.72. The van der Waals surface area contributed by atoms with E-state index in [1.54, 1.807) is 6.07 Å². The molecule has 0 aliphatic rings. The van der Waals surface area contributed by atoms with Crippen LogP contribution in [0.1, 0.15) is 37.9 Å². The van der Waals surface area contributed by atoms with E-state index in [-0.39, 0.29) is 11.2 Å². The Labute approximate surface area is 141 Å². The van der Waals surface area contributed by atoms with Gasteiger partial charge in [-0.25, -0.2) is 4.98 Å². The van der Waals surface area contributed by atoms with Gasteiger partial charge in [0.1, 0.15) is 0 Å². The number of anilines is 1. The number of nitrogens with one attached hydrogen (secondary N) is 1. The minimum Gasteiger partial charge on any atom is -0.338 e. The number of aryl methyl sites for hydroxylation is 2. The molecule has 6 nitrogen and oxygen atoms in total. The lowest BCUT2D eigenvalue weighted by Crippen LogP contribution is -2.23. The van der Waals surface area contributed by atoms with Crippen LogP contribution in [0.5, 0.6) is 0 Å². The van der Waals surface area contributed by atoms with Crippen molar-refractivity contribution in [3.8, 4) is 0 Å². The van der Waals surface area contributed by atoms with E-state index in [2.05, 4.69) is 40.8 Å². The SMILES string of the molecule is Cc1cc(NC(=O)C(C)Sc2nc(C)c(C)n2CC(C)C)on1. The van der Waals surface area contributed by atoms with Crippen LogP contribution in [-0.2, 0) is 11.3 Å². The second-order valence-electron chi connectivity index (χ2n) is 6.15. The molecule has 126 valence electrons. The molecule has 0 saturated heterocycles. The molecule has 2 rings (SSSR count). The van der Waals surface area contributed by atoms with Crippen LogP contribution in [0.25, 0.3) is 0 Å². The van der Waals surface area contributed by atoms with Gasteiger partial charge in [0.05, 0.1) is 16.6 Å². The number of nitrogens with zero attached hydrogens (tertiary/aromatic N) is 3. The second-order valence-corrected chi connectivity index (χ2v) is 7.46. The molecule has 0 aromatic carbocycles. The molecule has 0 spiro atoms. The molecule has 1 amide bonds. The number of amides is 1. The van der Waals surface area contributed by atoms with Crippen LogP contribution in [-0.4, -0.2) is 25.9 Å². The molecule has 0 aliphatic carbocycles. The van der Waals surface area contributed by atoms with Crippen LogP contribution in [0.2, 0.25) is 0 Å². The number of aromatic nitrogens is 3. The Morgan fingerprint density at radius 2 is 2.04 bits per heavy atom. The predicted octanol–water partition coefficient (Wildman–Crippen LogP) is 3.57. The third kappa shape index (κ3) is 4.37. The summed E-state index contributed by atoms with van der Waals surface area (Å²) >= 11 is 1.46. The maximum Gasteiger partial charge on any atom is 0.240 e. The highest BCUT2D eigenvalue weighted by Crippen LogP contribution is 2.27. The number of carbonyl (C=O) groups is 1. The number of hydrogen-bond acceptors (Lipinski definition) is 5. The zero-order valence-corrected chi connectivity index (χ0v) is 15.3. The van der Waals surface area contributed by atoms with E-state index in [4.69, 9.17) is 4.52 Å². The van der Waals surface area contributed by atoms with E-state index >= 15 is 0 Å². The van der Waals surface area contributed by atoms with Gasteiger partial charge in [0.2, 0.25) is 11.8 Å². The lowest BCUT2D eigenvalue weighted by Gasteiger charge is -2.14. The van der Waals surface area contributed by atoms with Gasteiger partial charge >= 0.3 is 0 Å². The Hall–Kier alpha value is -1.76. The third-order valence-corrected chi connectivity index (χ3v) is 4.59. The number of rotatable bonds is 6. The van der Waals surface area contributed by atoms with Crippen LogP contribution in [0.4, 0.5) is 5.88 Å². The van der Waals surface area contributed by atoms with Gasteiger partial charge in [-0.3, -0.25) is 10.1 Å². The van der Waals surface area contributed by atoms with Crippen LogP contribution in [0.3, 0.4) is 0 Å². The highest BCUT2D eigenvalue weighted by atomic mass is 32.2. The standard InChI is InChI=1S/C16H24N4O2S/c1-9(2)8-20-12(5)11(4)17-16(20)23-13(6)15(21)18-14-7-10(3)19-22-14/h7,9,13H,8H2,1-6H3,(H,18,21). The number of imidazole rings is 1. The van der Waals surface area contributed by atoms with Crippen LogP contribution < -0.4 is 5.32 Å². The van der Waals surface area contributed by atoms with Crippen molar-refractivity contribution in [1.82, 2.24) is 14.7 Å². The molecular weight excluding hydrogens is 312 g/mol. The van der Waals surface area contributed by atoms with Crippen LogP contribution >= 0.6 is 11.8 Å². The summed E-state index contributed by atoms with van der Waals surface area (Å²) in [5.74, 6) is 0.765. The van der Waals surface area contributed by atoms with E-state index in [0.717, 1.165) is 28.8 Å². The second kappa shape index (κ2) is 7.21. The summed E-state index contributed by atoms with van der Waals surface area (Å²) < 4.78 is 7.21. The van der Waals surface area contributed by atoms with E-state index in [0.29, 0.717) is 11.8 Å². The summed E-state index contributed by atoms with van der Waals surface area (Å²) in [6, 6.07) is 1.70. The van der Waals surface area contributed by atoms with Gasteiger partial charge in [-0.2, -0.15) is 0 Å². The molecular formula is C16H24N4O2S. The maximum absolute atomic E-state index is 12.3. The van der Waals surface area contributed by atoms with Crippen molar-refractivity contribution in [1.29, 1.82) is 0 Å². The Morgan fingerprint density at radius 1 is 1.35 bits per heavy atom. The molecule has 0 bridgehead atoms. The summed E-state index contributed by atoms with van der Waals surface area (Å²) in [5, 5.41) is 7.10. The summed E-state index contributed by atoms with van der Waals surface area (Å²) in [6.45, 7) is 13.0. The van der Waals surface area contributed by atoms with Crippen molar-refractivity contribution in [3.05, 3.63) is 23.1 Å². The zero-order valence-electron chi connectivity index (χ0n) is 14.5. The van der Waals surface area contributed by atoms with E-state index < -0.39 is 0 Å². The first-order valence-corrected chi connectivity index (χ1v) is 8.60.